The minimum absolute atomic E-state index is 0.165. The number of aromatic nitrogens is 1. The number of carbonyl (C=O) groups excluding carboxylic acids is 1. The van der Waals surface area contributed by atoms with E-state index < -0.39 is 10.0 Å². The van der Waals surface area contributed by atoms with Gasteiger partial charge in [-0.3, -0.25) is 14.2 Å². The maximum Gasteiger partial charge on any atom is 0.251 e. The Morgan fingerprint density at radius 3 is 2.45 bits per heavy atom. The molecule has 0 unspecified atom stereocenters. The van der Waals surface area contributed by atoms with E-state index in [1.807, 2.05) is 32.0 Å². The first-order valence-electron chi connectivity index (χ1n) is 10.3. The van der Waals surface area contributed by atoms with Gasteiger partial charge in [0.1, 0.15) is 6.54 Å². The molecule has 1 aromatic heterocycles. The van der Waals surface area contributed by atoms with E-state index in [2.05, 4.69) is 5.32 Å². The first-order valence-corrected chi connectivity index (χ1v) is 11.7. The molecule has 2 heterocycles. The van der Waals surface area contributed by atoms with Gasteiger partial charge in [0, 0.05) is 24.8 Å². The van der Waals surface area contributed by atoms with Crippen LogP contribution in [0.5, 0.6) is 0 Å². The number of carbonyl (C=O) groups is 1. The van der Waals surface area contributed by atoms with E-state index in [-0.39, 0.29) is 22.9 Å². The molecular weight excluding hydrogens is 414 g/mol. The van der Waals surface area contributed by atoms with Crippen LogP contribution < -0.4 is 10.9 Å². The number of aryl methyl sites for hydroxylation is 2. The second-order valence-electron chi connectivity index (χ2n) is 7.96. The van der Waals surface area contributed by atoms with Gasteiger partial charge in [-0.2, -0.15) is 4.31 Å². The molecule has 3 aromatic rings. The number of benzene rings is 2. The standard InChI is InChI=1S/C23H25N3O4S/c1-16-5-8-20(17(2)13-16)24-22(27)15-26-21-9-7-19(14-18(21)6-10-23(26)28)31(29,30)25-11-3-4-12-25/h5-10,13-14H,3-4,11-12,15H2,1-2H3,(H,24,27). The van der Waals surface area contributed by atoms with Crippen LogP contribution in [0.1, 0.15) is 24.0 Å². The number of sulfonamides is 1. The normalized spacial score (nSPS) is 14.8. The summed E-state index contributed by atoms with van der Waals surface area (Å²) in [7, 11) is -3.56. The summed E-state index contributed by atoms with van der Waals surface area (Å²) >= 11 is 0. The van der Waals surface area contributed by atoms with Crippen molar-refractivity contribution in [2.24, 2.45) is 0 Å². The largest absolute Gasteiger partial charge is 0.324 e. The Morgan fingerprint density at radius 1 is 1.00 bits per heavy atom. The maximum absolute atomic E-state index is 12.9. The first-order chi connectivity index (χ1) is 14.8. The Morgan fingerprint density at radius 2 is 1.74 bits per heavy atom. The smallest absolute Gasteiger partial charge is 0.251 e. The molecular formula is C23H25N3O4S. The lowest BCUT2D eigenvalue weighted by Gasteiger charge is -2.17. The summed E-state index contributed by atoms with van der Waals surface area (Å²) in [6.45, 7) is 4.78. The Kier molecular flexibility index (Phi) is 5.68. The molecule has 8 heteroatoms. The quantitative estimate of drug-likeness (QED) is 0.662. The highest BCUT2D eigenvalue weighted by molar-refractivity contribution is 7.89. The molecule has 4 rings (SSSR count). The zero-order chi connectivity index (χ0) is 22.2. The first kappa shape index (κ1) is 21.3. The van der Waals surface area contributed by atoms with Crippen molar-refractivity contribution in [2.45, 2.75) is 38.1 Å². The Labute approximate surface area is 181 Å². The number of pyridine rings is 1. The van der Waals surface area contributed by atoms with E-state index in [0.29, 0.717) is 29.7 Å². The van der Waals surface area contributed by atoms with Crippen LogP contribution in [0, 0.1) is 13.8 Å². The zero-order valence-electron chi connectivity index (χ0n) is 17.6. The molecule has 0 spiro atoms. The maximum atomic E-state index is 12.9. The van der Waals surface area contributed by atoms with Gasteiger partial charge in [-0.1, -0.05) is 17.7 Å². The summed E-state index contributed by atoms with van der Waals surface area (Å²) in [5, 5.41) is 3.45. The van der Waals surface area contributed by atoms with Gasteiger partial charge in [0.2, 0.25) is 15.9 Å². The molecule has 0 bridgehead atoms. The summed E-state index contributed by atoms with van der Waals surface area (Å²) in [6.07, 6.45) is 1.73. The minimum Gasteiger partial charge on any atom is -0.324 e. The van der Waals surface area contributed by atoms with E-state index in [4.69, 9.17) is 0 Å². The molecule has 0 radical (unpaired) electrons. The molecule has 0 aliphatic carbocycles. The number of nitrogens with one attached hydrogen (secondary N) is 1. The summed E-state index contributed by atoms with van der Waals surface area (Å²) < 4.78 is 28.6. The molecule has 0 saturated carbocycles. The topological polar surface area (TPSA) is 88.5 Å². The molecule has 1 aliphatic heterocycles. The van der Waals surface area contributed by atoms with Gasteiger partial charge in [-0.15, -0.1) is 0 Å². The van der Waals surface area contributed by atoms with Crippen molar-refractivity contribution >= 4 is 32.5 Å². The lowest BCUT2D eigenvalue weighted by molar-refractivity contribution is -0.116. The number of fused-ring (bicyclic) bond motifs is 1. The van der Waals surface area contributed by atoms with Crippen LogP contribution in [-0.2, 0) is 21.4 Å². The number of anilines is 1. The van der Waals surface area contributed by atoms with Crippen LogP contribution >= 0.6 is 0 Å². The number of amides is 1. The summed E-state index contributed by atoms with van der Waals surface area (Å²) in [5.74, 6) is -0.324. The van der Waals surface area contributed by atoms with Gasteiger partial charge < -0.3 is 5.32 Å². The second kappa shape index (κ2) is 8.28. The van der Waals surface area contributed by atoms with Crippen molar-refractivity contribution in [3.8, 4) is 0 Å². The van der Waals surface area contributed by atoms with Gasteiger partial charge in [0.15, 0.2) is 0 Å². The summed E-state index contributed by atoms with van der Waals surface area (Å²) in [6, 6.07) is 13.4. The van der Waals surface area contributed by atoms with Crippen molar-refractivity contribution in [1.29, 1.82) is 0 Å². The van der Waals surface area contributed by atoms with Crippen molar-refractivity contribution in [1.82, 2.24) is 8.87 Å². The van der Waals surface area contributed by atoms with Crippen LogP contribution in [0.25, 0.3) is 10.9 Å². The van der Waals surface area contributed by atoms with Crippen LogP contribution in [0.2, 0.25) is 0 Å². The van der Waals surface area contributed by atoms with Gasteiger partial charge in [-0.05, 0) is 68.0 Å². The lowest BCUT2D eigenvalue weighted by Crippen LogP contribution is -2.29. The Bertz CT molecular complexity index is 1320. The van der Waals surface area contributed by atoms with Crippen molar-refractivity contribution in [3.05, 3.63) is 70.0 Å². The van der Waals surface area contributed by atoms with E-state index in [1.165, 1.54) is 21.0 Å². The van der Waals surface area contributed by atoms with Gasteiger partial charge in [0.25, 0.3) is 5.56 Å². The van der Waals surface area contributed by atoms with Crippen LogP contribution in [0.4, 0.5) is 5.69 Å². The molecule has 162 valence electrons. The average molecular weight is 440 g/mol. The molecule has 2 aromatic carbocycles. The fourth-order valence-electron chi connectivity index (χ4n) is 3.97. The van der Waals surface area contributed by atoms with Crippen molar-refractivity contribution in [3.63, 3.8) is 0 Å². The summed E-state index contributed by atoms with van der Waals surface area (Å²) in [4.78, 5) is 25.3. The van der Waals surface area contributed by atoms with E-state index in [1.54, 1.807) is 18.2 Å². The number of nitrogens with zero attached hydrogens (tertiary/aromatic N) is 2. The lowest BCUT2D eigenvalue weighted by atomic mass is 10.1. The molecule has 7 nitrogen and oxygen atoms in total. The average Bonchev–Trinajstić information content (AvgIpc) is 3.28. The van der Waals surface area contributed by atoms with Crippen LogP contribution in [0.15, 0.2) is 58.2 Å². The van der Waals surface area contributed by atoms with Gasteiger partial charge in [-0.25, -0.2) is 8.42 Å². The Balaban J connectivity index is 1.64. The van der Waals surface area contributed by atoms with E-state index in [0.717, 1.165) is 24.0 Å². The minimum atomic E-state index is -3.56. The molecule has 1 fully saturated rings. The molecule has 0 atom stereocenters. The number of rotatable bonds is 5. The molecule has 1 aliphatic rings. The molecule has 31 heavy (non-hydrogen) atoms. The van der Waals surface area contributed by atoms with E-state index >= 15 is 0 Å². The van der Waals surface area contributed by atoms with Gasteiger partial charge >= 0.3 is 0 Å². The SMILES string of the molecule is Cc1ccc(NC(=O)Cn2c(=O)ccc3cc(S(=O)(=O)N4CCCC4)ccc32)c(C)c1. The molecule has 1 N–H and O–H groups in total. The van der Waals surface area contributed by atoms with E-state index in [9.17, 15) is 18.0 Å². The fraction of sp³-hybridized carbons (Fsp3) is 0.304. The number of hydrogen-bond donors (Lipinski definition) is 1. The zero-order valence-corrected chi connectivity index (χ0v) is 18.4. The Hall–Kier alpha value is -2.97. The van der Waals surface area contributed by atoms with Crippen LogP contribution in [0.3, 0.4) is 0 Å². The van der Waals surface area contributed by atoms with Crippen molar-refractivity contribution < 1.29 is 13.2 Å². The third-order valence-corrected chi connectivity index (χ3v) is 7.52. The highest BCUT2D eigenvalue weighted by Gasteiger charge is 2.27. The highest BCUT2D eigenvalue weighted by atomic mass is 32.2. The molecule has 1 saturated heterocycles. The molecule has 1 amide bonds. The number of hydrogen-bond acceptors (Lipinski definition) is 4. The third kappa shape index (κ3) is 4.26. The third-order valence-electron chi connectivity index (χ3n) is 5.62. The monoisotopic (exact) mass is 439 g/mol. The van der Waals surface area contributed by atoms with Crippen molar-refractivity contribution in [2.75, 3.05) is 18.4 Å². The van der Waals surface area contributed by atoms with Gasteiger partial charge in [0.05, 0.1) is 10.4 Å². The predicted molar refractivity (Wildman–Crippen MR) is 121 cm³/mol. The summed E-state index contributed by atoms with van der Waals surface area (Å²) in [5.41, 5.74) is 2.93. The fourth-order valence-corrected chi connectivity index (χ4v) is 5.52. The second-order valence-corrected chi connectivity index (χ2v) is 9.89. The highest BCUT2D eigenvalue weighted by Crippen LogP contribution is 2.24. The predicted octanol–water partition coefficient (Wildman–Crippen LogP) is 3.04. The van der Waals surface area contributed by atoms with Crippen LogP contribution in [-0.4, -0.2) is 36.3 Å².